The van der Waals surface area contributed by atoms with Crippen molar-refractivity contribution < 1.29 is 0 Å². The summed E-state index contributed by atoms with van der Waals surface area (Å²) in [6.45, 7) is 2.39. The summed E-state index contributed by atoms with van der Waals surface area (Å²) in [4.78, 5) is 0. The van der Waals surface area contributed by atoms with Gasteiger partial charge in [-0.25, -0.2) is 0 Å². The van der Waals surface area contributed by atoms with Gasteiger partial charge in [0.25, 0.3) is 0 Å². The van der Waals surface area contributed by atoms with Gasteiger partial charge in [0.2, 0.25) is 0 Å². The van der Waals surface area contributed by atoms with Crippen LogP contribution in [0.15, 0.2) is 29.6 Å². The Labute approximate surface area is 107 Å². The van der Waals surface area contributed by atoms with E-state index < -0.39 is 0 Å². The summed E-state index contributed by atoms with van der Waals surface area (Å²) < 4.78 is 1.50. The predicted molar refractivity (Wildman–Crippen MR) is 75.8 cm³/mol. The normalized spacial score (nSPS) is 28.9. The lowest BCUT2D eigenvalue weighted by atomic mass is 9.88. The van der Waals surface area contributed by atoms with E-state index in [1.165, 1.54) is 22.9 Å². The maximum Gasteiger partial charge on any atom is 0.0377 e. The van der Waals surface area contributed by atoms with Gasteiger partial charge in [0.05, 0.1) is 0 Å². The first kappa shape index (κ1) is 11.2. The molecule has 1 nitrogen and oxygen atoms in total. The largest absolute Gasteiger partial charge is 0.317 e. The minimum atomic E-state index is 0.690. The molecule has 1 aliphatic carbocycles. The molecule has 1 fully saturated rings. The molecule has 17 heavy (non-hydrogen) atoms. The van der Waals surface area contributed by atoms with E-state index in [2.05, 4.69) is 48.9 Å². The molecular weight excluding hydrogens is 226 g/mol. The highest BCUT2D eigenvalue weighted by molar-refractivity contribution is 7.17. The maximum absolute atomic E-state index is 3.46. The van der Waals surface area contributed by atoms with Crippen LogP contribution in [-0.4, -0.2) is 13.1 Å². The van der Waals surface area contributed by atoms with E-state index in [1.807, 2.05) is 11.3 Å². The smallest absolute Gasteiger partial charge is 0.0377 e. The number of thiophene rings is 1. The zero-order valence-corrected chi connectivity index (χ0v) is 11.3. The number of rotatable bonds is 2. The molecule has 2 aromatic rings. The average Bonchev–Trinajstić information content (AvgIpc) is 2.94. The monoisotopic (exact) mass is 245 g/mol. The van der Waals surface area contributed by atoms with E-state index in [-0.39, 0.29) is 0 Å². The highest BCUT2D eigenvalue weighted by atomic mass is 32.1. The molecule has 0 bridgehead atoms. The molecule has 0 amide bonds. The molecule has 1 aromatic heterocycles. The first-order valence-corrected chi connectivity index (χ1v) is 7.32. The minimum absolute atomic E-state index is 0.690. The van der Waals surface area contributed by atoms with Gasteiger partial charge in [0.15, 0.2) is 0 Å². The van der Waals surface area contributed by atoms with Gasteiger partial charge in [-0.2, -0.15) is 0 Å². The van der Waals surface area contributed by atoms with E-state index in [1.54, 1.807) is 5.56 Å². The van der Waals surface area contributed by atoms with Crippen LogP contribution in [0.25, 0.3) is 10.1 Å². The Balaban J connectivity index is 2.02. The van der Waals surface area contributed by atoms with Crippen molar-refractivity contribution in [1.29, 1.82) is 0 Å². The fraction of sp³-hybridized carbons (Fsp3) is 0.467. The number of nitrogens with one attached hydrogen (secondary N) is 1. The van der Waals surface area contributed by atoms with Crippen LogP contribution in [-0.2, 0) is 0 Å². The molecule has 1 aliphatic rings. The summed E-state index contributed by atoms with van der Waals surface area (Å²) in [5.74, 6) is 1.47. The summed E-state index contributed by atoms with van der Waals surface area (Å²) in [6, 6.07) is 9.70. The molecule has 1 N–H and O–H groups in total. The number of fused-ring (bicyclic) bond motifs is 1. The highest BCUT2D eigenvalue weighted by Crippen LogP contribution is 2.43. The van der Waals surface area contributed by atoms with Gasteiger partial charge in [0.1, 0.15) is 0 Å². The van der Waals surface area contributed by atoms with E-state index in [0.29, 0.717) is 6.04 Å². The number of hydrogen-bond donors (Lipinski definition) is 1. The van der Waals surface area contributed by atoms with Gasteiger partial charge in [0, 0.05) is 10.7 Å². The van der Waals surface area contributed by atoms with Crippen LogP contribution in [0.1, 0.15) is 31.2 Å². The molecule has 2 heteroatoms. The van der Waals surface area contributed by atoms with Gasteiger partial charge < -0.3 is 5.32 Å². The van der Waals surface area contributed by atoms with E-state index in [0.717, 1.165) is 11.8 Å². The Hall–Kier alpha value is -0.860. The topological polar surface area (TPSA) is 12.0 Å². The van der Waals surface area contributed by atoms with E-state index in [9.17, 15) is 0 Å². The molecule has 0 aliphatic heterocycles. The number of hydrogen-bond acceptors (Lipinski definition) is 2. The van der Waals surface area contributed by atoms with E-state index in [4.69, 9.17) is 0 Å². The lowest BCUT2D eigenvalue weighted by Crippen LogP contribution is -2.28. The lowest BCUT2D eigenvalue weighted by molar-refractivity contribution is 0.430. The maximum atomic E-state index is 3.46. The van der Waals surface area contributed by atoms with Crippen molar-refractivity contribution in [2.75, 3.05) is 7.05 Å². The van der Waals surface area contributed by atoms with Gasteiger partial charge >= 0.3 is 0 Å². The third-order valence-electron chi connectivity index (χ3n) is 4.34. The number of benzene rings is 1. The Morgan fingerprint density at radius 1 is 1.24 bits per heavy atom. The van der Waals surface area contributed by atoms with Gasteiger partial charge in [-0.15, -0.1) is 11.3 Å². The van der Waals surface area contributed by atoms with Crippen LogP contribution in [0.4, 0.5) is 0 Å². The van der Waals surface area contributed by atoms with Crippen molar-refractivity contribution in [3.63, 3.8) is 0 Å². The Kier molecular flexibility index (Phi) is 2.93. The molecule has 0 radical (unpaired) electrons. The quantitative estimate of drug-likeness (QED) is 0.843. The SMILES string of the molecule is CNC1CCC(c2cccc3ccsc23)C1C. The van der Waals surface area contributed by atoms with Crippen LogP contribution in [0, 0.1) is 5.92 Å². The van der Waals surface area contributed by atoms with Crippen molar-refractivity contribution in [3.05, 3.63) is 35.2 Å². The minimum Gasteiger partial charge on any atom is -0.317 e. The van der Waals surface area contributed by atoms with Crippen LogP contribution >= 0.6 is 11.3 Å². The summed E-state index contributed by atoms with van der Waals surface area (Å²) in [7, 11) is 2.09. The molecule has 3 atom stereocenters. The Morgan fingerprint density at radius 3 is 2.88 bits per heavy atom. The van der Waals surface area contributed by atoms with Gasteiger partial charge in [-0.3, -0.25) is 0 Å². The molecule has 0 spiro atoms. The first-order valence-electron chi connectivity index (χ1n) is 6.44. The van der Waals surface area contributed by atoms with Gasteiger partial charge in [-0.1, -0.05) is 25.1 Å². The van der Waals surface area contributed by atoms with Crippen molar-refractivity contribution in [2.24, 2.45) is 5.92 Å². The zero-order chi connectivity index (χ0) is 11.8. The van der Waals surface area contributed by atoms with Gasteiger partial charge in [-0.05, 0) is 54.1 Å². The summed E-state index contributed by atoms with van der Waals surface area (Å²) in [6.07, 6.45) is 2.63. The van der Waals surface area contributed by atoms with Crippen molar-refractivity contribution in [2.45, 2.75) is 31.7 Å². The third-order valence-corrected chi connectivity index (χ3v) is 5.32. The van der Waals surface area contributed by atoms with Crippen LogP contribution in [0.2, 0.25) is 0 Å². The van der Waals surface area contributed by atoms with Crippen molar-refractivity contribution in [3.8, 4) is 0 Å². The summed E-state index contributed by atoms with van der Waals surface area (Å²) in [5, 5.41) is 7.08. The summed E-state index contributed by atoms with van der Waals surface area (Å²) in [5.41, 5.74) is 1.57. The average molecular weight is 245 g/mol. The fourth-order valence-electron chi connectivity index (χ4n) is 3.32. The molecular formula is C15H19NS. The Bertz CT molecular complexity index is 516. The predicted octanol–water partition coefficient (Wildman–Crippen LogP) is 4.00. The lowest BCUT2D eigenvalue weighted by Gasteiger charge is -2.21. The highest BCUT2D eigenvalue weighted by Gasteiger charge is 2.33. The van der Waals surface area contributed by atoms with Crippen molar-refractivity contribution >= 4 is 21.4 Å². The molecule has 1 aromatic carbocycles. The summed E-state index contributed by atoms with van der Waals surface area (Å²) >= 11 is 1.89. The molecule has 3 rings (SSSR count). The fourth-order valence-corrected chi connectivity index (χ4v) is 4.30. The van der Waals surface area contributed by atoms with Crippen LogP contribution in [0.3, 0.4) is 0 Å². The molecule has 1 saturated carbocycles. The first-order chi connectivity index (χ1) is 8.31. The third kappa shape index (κ3) is 1.80. The van der Waals surface area contributed by atoms with Crippen LogP contribution < -0.4 is 5.32 Å². The molecule has 90 valence electrons. The molecule has 3 unspecified atom stereocenters. The standard InChI is InChI=1S/C15H19NS/c1-10-12(6-7-14(10)16-2)13-5-3-4-11-8-9-17-15(11)13/h3-5,8-10,12,14,16H,6-7H2,1-2H3. The zero-order valence-electron chi connectivity index (χ0n) is 10.4. The van der Waals surface area contributed by atoms with Crippen molar-refractivity contribution in [1.82, 2.24) is 5.32 Å². The van der Waals surface area contributed by atoms with Crippen LogP contribution in [0.5, 0.6) is 0 Å². The molecule has 1 heterocycles. The molecule has 0 saturated heterocycles. The second-order valence-electron chi connectivity index (χ2n) is 5.12. The Morgan fingerprint density at radius 2 is 2.12 bits per heavy atom. The van der Waals surface area contributed by atoms with E-state index >= 15 is 0 Å². The second-order valence-corrected chi connectivity index (χ2v) is 6.04. The second kappa shape index (κ2) is 4.43.